The first-order valence-electron chi connectivity index (χ1n) is 10.2. The van der Waals surface area contributed by atoms with Crippen LogP contribution in [0.3, 0.4) is 0 Å². The maximum Gasteiger partial charge on any atom is 0.303 e. The molecule has 4 heteroatoms. The van der Waals surface area contributed by atoms with Crippen LogP contribution < -0.4 is 0 Å². The summed E-state index contributed by atoms with van der Waals surface area (Å²) in [5.74, 6) is 0.308. The second-order valence-corrected chi connectivity index (χ2v) is 9.50. The van der Waals surface area contributed by atoms with Crippen molar-refractivity contribution in [3.63, 3.8) is 0 Å². The summed E-state index contributed by atoms with van der Waals surface area (Å²) in [5.41, 5.74) is 2.75. The molecule has 3 aliphatic rings. The maximum absolute atomic E-state index is 12.2. The number of carboxylic acid groups (broad SMARTS) is 1. The lowest BCUT2D eigenvalue weighted by Gasteiger charge is -2.53. The normalized spacial score (nSPS) is 40.7. The smallest absolute Gasteiger partial charge is 0.303 e. The fraction of sp³-hybridized carbons (Fsp3) is 0.818. The summed E-state index contributed by atoms with van der Waals surface area (Å²) in [6, 6.07) is 0. The molecule has 0 heterocycles. The van der Waals surface area contributed by atoms with Crippen LogP contribution in [-0.2, 0) is 9.59 Å². The Kier molecular flexibility index (Phi) is 5.11. The highest BCUT2D eigenvalue weighted by atomic mass is 16.4. The highest BCUT2D eigenvalue weighted by Crippen LogP contribution is 2.63. The van der Waals surface area contributed by atoms with Gasteiger partial charge in [0.25, 0.3) is 0 Å². The molecular weight excluding hydrogens is 328 g/mol. The minimum atomic E-state index is -0.763. The summed E-state index contributed by atoms with van der Waals surface area (Å²) >= 11 is 0. The van der Waals surface area contributed by atoms with Gasteiger partial charge in [-0.25, -0.2) is 0 Å². The van der Waals surface area contributed by atoms with E-state index in [0.29, 0.717) is 18.1 Å². The van der Waals surface area contributed by atoms with Crippen LogP contribution in [0.5, 0.6) is 0 Å². The number of hydrogen-bond acceptors (Lipinski definition) is 3. The van der Waals surface area contributed by atoms with Crippen LogP contribution in [0.4, 0.5) is 0 Å². The predicted octanol–water partition coefficient (Wildman–Crippen LogP) is 4.36. The van der Waals surface area contributed by atoms with E-state index in [1.807, 2.05) is 6.92 Å². The first-order valence-corrected chi connectivity index (χ1v) is 10.2. The van der Waals surface area contributed by atoms with Gasteiger partial charge in [-0.15, -0.1) is 0 Å². The van der Waals surface area contributed by atoms with Gasteiger partial charge in [-0.1, -0.05) is 25.0 Å². The van der Waals surface area contributed by atoms with E-state index in [2.05, 4.69) is 13.8 Å². The number of Topliss-reactive ketones (excluding diaryl/α,β-unsaturated/α-hetero) is 1. The molecule has 3 aliphatic carbocycles. The molecule has 146 valence electrons. The van der Waals surface area contributed by atoms with Gasteiger partial charge in [-0.3, -0.25) is 9.59 Å². The van der Waals surface area contributed by atoms with E-state index in [1.165, 1.54) is 11.1 Å². The van der Waals surface area contributed by atoms with Crippen molar-refractivity contribution in [3.05, 3.63) is 11.1 Å². The number of aliphatic hydroxyl groups excluding tert-OH is 1. The largest absolute Gasteiger partial charge is 0.481 e. The van der Waals surface area contributed by atoms with E-state index in [1.54, 1.807) is 6.92 Å². The first-order chi connectivity index (χ1) is 12.1. The van der Waals surface area contributed by atoms with Crippen molar-refractivity contribution in [2.24, 2.45) is 28.6 Å². The average molecular weight is 363 g/mol. The van der Waals surface area contributed by atoms with Gasteiger partial charge in [0.2, 0.25) is 0 Å². The third kappa shape index (κ3) is 2.94. The second kappa shape index (κ2) is 6.78. The number of aliphatic hydroxyl groups is 1. The van der Waals surface area contributed by atoms with Crippen LogP contribution in [0.1, 0.15) is 79.1 Å². The number of rotatable bonds is 5. The lowest BCUT2D eigenvalue weighted by molar-refractivity contribution is -0.138. The summed E-state index contributed by atoms with van der Waals surface area (Å²) in [6.07, 6.45) is 6.26. The minimum Gasteiger partial charge on any atom is -0.481 e. The molecule has 4 nitrogen and oxygen atoms in total. The quantitative estimate of drug-likeness (QED) is 0.713. The Morgan fingerprint density at radius 2 is 1.88 bits per heavy atom. The van der Waals surface area contributed by atoms with Crippen molar-refractivity contribution >= 4 is 11.8 Å². The summed E-state index contributed by atoms with van der Waals surface area (Å²) in [4.78, 5) is 23.5. The summed E-state index contributed by atoms with van der Waals surface area (Å²) in [7, 11) is 0. The Balaban J connectivity index is 2.00. The van der Waals surface area contributed by atoms with E-state index in [0.717, 1.165) is 38.5 Å². The van der Waals surface area contributed by atoms with Gasteiger partial charge in [0.1, 0.15) is 5.78 Å². The number of fused-ring (bicyclic) bond motifs is 2. The molecule has 6 atom stereocenters. The number of ketones is 1. The molecule has 0 aromatic heterocycles. The Morgan fingerprint density at radius 1 is 1.19 bits per heavy atom. The first kappa shape index (κ1) is 19.6. The third-order valence-corrected chi connectivity index (χ3v) is 8.22. The number of allylic oxidation sites excluding steroid dienone is 2. The number of carbonyl (C=O) groups excluding carboxylic acids is 1. The van der Waals surface area contributed by atoms with Gasteiger partial charge in [0, 0.05) is 12.3 Å². The molecular formula is C22H34O4. The van der Waals surface area contributed by atoms with Crippen molar-refractivity contribution < 1.29 is 19.8 Å². The zero-order valence-corrected chi connectivity index (χ0v) is 16.7. The monoisotopic (exact) mass is 362 g/mol. The molecule has 1 fully saturated rings. The van der Waals surface area contributed by atoms with Gasteiger partial charge in [0.05, 0.1) is 6.10 Å². The molecule has 0 saturated heterocycles. The lowest BCUT2D eigenvalue weighted by Crippen LogP contribution is -2.45. The Labute approximate surface area is 157 Å². The van der Waals surface area contributed by atoms with Gasteiger partial charge < -0.3 is 10.2 Å². The molecule has 0 unspecified atom stereocenters. The average Bonchev–Trinajstić information content (AvgIpc) is 2.90. The van der Waals surface area contributed by atoms with Crippen LogP contribution in [0.15, 0.2) is 11.1 Å². The zero-order valence-electron chi connectivity index (χ0n) is 16.7. The van der Waals surface area contributed by atoms with Crippen molar-refractivity contribution in [2.45, 2.75) is 85.2 Å². The highest BCUT2D eigenvalue weighted by molar-refractivity contribution is 5.79. The maximum atomic E-state index is 12.2. The van der Waals surface area contributed by atoms with E-state index in [4.69, 9.17) is 0 Å². The third-order valence-electron chi connectivity index (χ3n) is 8.22. The molecule has 0 aromatic rings. The van der Waals surface area contributed by atoms with Crippen LogP contribution >= 0.6 is 0 Å². The summed E-state index contributed by atoms with van der Waals surface area (Å²) < 4.78 is 0. The number of carboxylic acids is 1. The molecule has 0 radical (unpaired) electrons. The van der Waals surface area contributed by atoms with Crippen molar-refractivity contribution in [1.82, 2.24) is 0 Å². The number of aliphatic carboxylic acids is 1. The van der Waals surface area contributed by atoms with Crippen molar-refractivity contribution in [3.8, 4) is 0 Å². The van der Waals surface area contributed by atoms with Crippen LogP contribution in [0, 0.1) is 28.6 Å². The SMILES string of the molecule is CC(=O)[C@H]1CC[C@H]2C3=C(CC[C@]12C)[C@@](C)(CCC(=O)O)[C@H]([C@H](C)O)CC3. The van der Waals surface area contributed by atoms with Crippen molar-refractivity contribution in [1.29, 1.82) is 0 Å². The van der Waals surface area contributed by atoms with Crippen molar-refractivity contribution in [2.75, 3.05) is 0 Å². The van der Waals surface area contributed by atoms with Crippen LogP contribution in [-0.4, -0.2) is 28.1 Å². The fourth-order valence-corrected chi connectivity index (χ4v) is 6.90. The van der Waals surface area contributed by atoms with Gasteiger partial charge in [0.15, 0.2) is 0 Å². The lowest BCUT2D eigenvalue weighted by atomic mass is 9.52. The molecule has 3 rings (SSSR count). The standard InChI is InChI=1S/C22H34O4/c1-13(23)16-6-5-15-18-8-7-17(14(2)24)21(18,3)11-9-19(15)22(16,4)12-10-20(25)26/h13,16-18,23H,5-12H2,1-4H3,(H,25,26)/t13-,16-,17+,18-,21+,22-/m0/s1. The topological polar surface area (TPSA) is 74.6 Å². The predicted molar refractivity (Wildman–Crippen MR) is 101 cm³/mol. The highest BCUT2D eigenvalue weighted by Gasteiger charge is 2.55. The molecule has 0 amide bonds. The van der Waals surface area contributed by atoms with E-state index < -0.39 is 12.1 Å². The Hall–Kier alpha value is -1.16. The molecule has 0 bridgehead atoms. The minimum absolute atomic E-state index is 0.0655. The van der Waals surface area contributed by atoms with E-state index in [9.17, 15) is 19.8 Å². The Morgan fingerprint density at radius 3 is 2.46 bits per heavy atom. The van der Waals surface area contributed by atoms with Gasteiger partial charge >= 0.3 is 5.97 Å². The molecule has 0 aliphatic heterocycles. The number of hydrogen-bond donors (Lipinski definition) is 2. The van der Waals surface area contributed by atoms with Gasteiger partial charge in [-0.2, -0.15) is 0 Å². The van der Waals surface area contributed by atoms with Gasteiger partial charge in [-0.05, 0) is 81.5 Å². The molecule has 26 heavy (non-hydrogen) atoms. The molecule has 0 aromatic carbocycles. The fourth-order valence-electron chi connectivity index (χ4n) is 6.90. The Bertz CT molecular complexity index is 634. The van der Waals surface area contributed by atoms with E-state index in [-0.39, 0.29) is 29.1 Å². The molecule has 1 saturated carbocycles. The second-order valence-electron chi connectivity index (χ2n) is 9.50. The molecule has 2 N–H and O–H groups in total. The molecule has 0 spiro atoms. The summed E-state index contributed by atoms with van der Waals surface area (Å²) in [5, 5.41) is 19.7. The zero-order chi connectivity index (χ0) is 19.3. The number of carbonyl (C=O) groups is 2. The summed E-state index contributed by atoms with van der Waals surface area (Å²) in [6.45, 7) is 8.07. The van der Waals surface area contributed by atoms with Crippen LogP contribution in [0.2, 0.25) is 0 Å². The van der Waals surface area contributed by atoms with E-state index >= 15 is 0 Å². The van der Waals surface area contributed by atoms with Crippen LogP contribution in [0.25, 0.3) is 0 Å².